The Morgan fingerprint density at radius 2 is 1.90 bits per heavy atom. The van der Waals surface area contributed by atoms with Crippen molar-refractivity contribution in [1.29, 1.82) is 0 Å². The summed E-state index contributed by atoms with van der Waals surface area (Å²) in [7, 11) is 1.76. The predicted octanol–water partition coefficient (Wildman–Crippen LogP) is 3.90. The summed E-state index contributed by atoms with van der Waals surface area (Å²) < 4.78 is 10.7. The monoisotopic (exact) mass is 311 g/mol. The second-order valence-corrected chi connectivity index (χ2v) is 6.10. The maximum atomic E-state index is 5.64. The van der Waals surface area contributed by atoms with Crippen LogP contribution in [-0.2, 0) is 4.74 Å². The van der Waals surface area contributed by atoms with Crippen LogP contribution in [0.5, 0.6) is 5.75 Å². The first kappa shape index (κ1) is 18.3. The molecule has 1 aromatic carbocycles. The Bertz CT molecular complexity index is 356. The van der Waals surface area contributed by atoms with Crippen LogP contribution < -0.4 is 10.1 Å². The molecular formula is C17H29NO2S. The number of hydrogen-bond donors (Lipinski definition) is 1. The normalized spacial score (nSPS) is 12.3. The lowest BCUT2D eigenvalue weighted by atomic mass is 10.1. The number of hydrogen-bond acceptors (Lipinski definition) is 4. The topological polar surface area (TPSA) is 30.5 Å². The average Bonchev–Trinajstić information content (AvgIpc) is 2.52. The van der Waals surface area contributed by atoms with E-state index in [2.05, 4.69) is 43.4 Å². The van der Waals surface area contributed by atoms with Crippen molar-refractivity contribution in [3.05, 3.63) is 29.8 Å². The van der Waals surface area contributed by atoms with E-state index in [0.29, 0.717) is 6.04 Å². The lowest BCUT2D eigenvalue weighted by Gasteiger charge is -2.18. The number of ether oxygens (including phenoxy) is 2. The molecule has 4 heteroatoms. The summed E-state index contributed by atoms with van der Waals surface area (Å²) in [5, 5.41) is 3.56. The van der Waals surface area contributed by atoms with Gasteiger partial charge in [0, 0.05) is 25.5 Å². The van der Waals surface area contributed by atoms with Gasteiger partial charge >= 0.3 is 0 Å². The van der Waals surface area contributed by atoms with Crippen molar-refractivity contribution in [1.82, 2.24) is 5.32 Å². The van der Waals surface area contributed by atoms with E-state index in [4.69, 9.17) is 9.47 Å². The van der Waals surface area contributed by atoms with Crippen LogP contribution in [0, 0.1) is 0 Å². The highest BCUT2D eigenvalue weighted by atomic mass is 32.2. The van der Waals surface area contributed by atoms with Crippen molar-refractivity contribution in [2.75, 3.05) is 38.4 Å². The second-order valence-electron chi connectivity index (χ2n) is 4.95. The third-order valence-corrected chi connectivity index (χ3v) is 4.27. The Kier molecular flexibility index (Phi) is 10.4. The summed E-state index contributed by atoms with van der Waals surface area (Å²) in [4.78, 5) is 0. The molecule has 0 aliphatic carbocycles. The second kappa shape index (κ2) is 11.9. The highest BCUT2D eigenvalue weighted by Crippen LogP contribution is 2.22. The number of rotatable bonds is 12. The first-order valence-corrected chi connectivity index (χ1v) is 9.00. The molecule has 3 nitrogen and oxygen atoms in total. The highest BCUT2D eigenvalue weighted by molar-refractivity contribution is 7.99. The molecule has 0 aromatic heterocycles. The first-order chi connectivity index (χ1) is 10.3. The maximum Gasteiger partial charge on any atom is 0.119 e. The summed E-state index contributed by atoms with van der Waals surface area (Å²) in [6, 6.07) is 8.90. The molecular weight excluding hydrogens is 282 g/mol. The predicted molar refractivity (Wildman–Crippen MR) is 92.5 cm³/mol. The van der Waals surface area contributed by atoms with Crippen LogP contribution in [0.2, 0.25) is 0 Å². The third-order valence-electron chi connectivity index (χ3n) is 3.13. The Morgan fingerprint density at radius 3 is 2.52 bits per heavy atom. The van der Waals surface area contributed by atoms with Crippen molar-refractivity contribution in [3.63, 3.8) is 0 Å². The molecule has 0 fully saturated rings. The van der Waals surface area contributed by atoms with E-state index in [1.807, 2.05) is 11.8 Å². The zero-order valence-corrected chi connectivity index (χ0v) is 14.4. The fourth-order valence-electron chi connectivity index (χ4n) is 2.04. The number of benzene rings is 1. The molecule has 21 heavy (non-hydrogen) atoms. The number of nitrogens with one attached hydrogen (secondary N) is 1. The smallest absolute Gasteiger partial charge is 0.119 e. The average molecular weight is 311 g/mol. The van der Waals surface area contributed by atoms with Gasteiger partial charge in [-0.05, 0) is 42.8 Å². The third kappa shape index (κ3) is 7.74. The standard InChI is InChI=1S/C17H29NO2S/c1-4-11-20-16-9-7-15(8-10-16)17(18-5-2)14-21-13-6-12-19-3/h7-10,17-18H,4-6,11-14H2,1-3H3. The molecule has 0 radical (unpaired) electrons. The van der Waals surface area contributed by atoms with Gasteiger partial charge in [0.1, 0.15) is 5.75 Å². The van der Waals surface area contributed by atoms with Crippen LogP contribution in [0.25, 0.3) is 0 Å². The molecule has 1 unspecified atom stereocenters. The van der Waals surface area contributed by atoms with Crippen LogP contribution in [-0.4, -0.2) is 38.4 Å². The van der Waals surface area contributed by atoms with Crippen molar-refractivity contribution in [2.24, 2.45) is 0 Å². The Labute approximate surface area is 133 Å². The molecule has 1 atom stereocenters. The van der Waals surface area contributed by atoms with Gasteiger partial charge in [-0.2, -0.15) is 11.8 Å². The Morgan fingerprint density at radius 1 is 1.14 bits per heavy atom. The minimum absolute atomic E-state index is 0.405. The van der Waals surface area contributed by atoms with Crippen LogP contribution in [0.3, 0.4) is 0 Å². The molecule has 120 valence electrons. The molecule has 0 amide bonds. The van der Waals surface area contributed by atoms with Gasteiger partial charge in [-0.1, -0.05) is 26.0 Å². The van der Waals surface area contributed by atoms with Gasteiger partial charge in [0.15, 0.2) is 0 Å². The van der Waals surface area contributed by atoms with Gasteiger partial charge in [0.05, 0.1) is 6.61 Å². The molecule has 1 N–H and O–H groups in total. The summed E-state index contributed by atoms with van der Waals surface area (Å²) in [5.74, 6) is 3.20. The summed E-state index contributed by atoms with van der Waals surface area (Å²) in [6.07, 6.45) is 2.16. The lowest BCUT2D eigenvalue weighted by Crippen LogP contribution is -2.23. The minimum Gasteiger partial charge on any atom is -0.494 e. The number of thioether (sulfide) groups is 1. The fraction of sp³-hybridized carbons (Fsp3) is 0.647. The van der Waals surface area contributed by atoms with Gasteiger partial charge in [-0.3, -0.25) is 0 Å². The molecule has 1 rings (SSSR count). The Hall–Kier alpha value is -0.710. The highest BCUT2D eigenvalue weighted by Gasteiger charge is 2.10. The van der Waals surface area contributed by atoms with E-state index in [1.54, 1.807) is 7.11 Å². The van der Waals surface area contributed by atoms with E-state index < -0.39 is 0 Å². The molecule has 0 aliphatic rings. The largest absolute Gasteiger partial charge is 0.494 e. The van der Waals surface area contributed by atoms with Crippen LogP contribution >= 0.6 is 11.8 Å². The van der Waals surface area contributed by atoms with E-state index >= 15 is 0 Å². The zero-order chi connectivity index (χ0) is 15.3. The number of methoxy groups -OCH3 is 1. The summed E-state index contributed by atoms with van der Waals surface area (Å²) >= 11 is 1.98. The van der Waals surface area contributed by atoms with Gasteiger partial charge in [-0.25, -0.2) is 0 Å². The quantitative estimate of drug-likeness (QED) is 0.593. The van der Waals surface area contributed by atoms with Gasteiger partial charge in [-0.15, -0.1) is 0 Å². The van der Waals surface area contributed by atoms with Gasteiger partial charge in [0.2, 0.25) is 0 Å². The van der Waals surface area contributed by atoms with Crippen LogP contribution in [0.4, 0.5) is 0 Å². The Balaban J connectivity index is 2.46. The van der Waals surface area contributed by atoms with Gasteiger partial charge < -0.3 is 14.8 Å². The van der Waals surface area contributed by atoms with Crippen molar-refractivity contribution in [3.8, 4) is 5.75 Å². The molecule has 0 spiro atoms. The summed E-state index contributed by atoms with van der Waals surface area (Å²) in [5.41, 5.74) is 1.33. The minimum atomic E-state index is 0.405. The van der Waals surface area contributed by atoms with Crippen LogP contribution in [0.1, 0.15) is 38.3 Å². The first-order valence-electron chi connectivity index (χ1n) is 7.84. The zero-order valence-electron chi connectivity index (χ0n) is 13.6. The SMILES string of the molecule is CCCOc1ccc(C(CSCCCOC)NCC)cc1. The van der Waals surface area contributed by atoms with E-state index in [1.165, 1.54) is 5.56 Å². The van der Waals surface area contributed by atoms with Crippen LogP contribution in [0.15, 0.2) is 24.3 Å². The van der Waals surface area contributed by atoms with Crippen molar-refractivity contribution < 1.29 is 9.47 Å². The van der Waals surface area contributed by atoms with Crippen molar-refractivity contribution in [2.45, 2.75) is 32.7 Å². The van der Waals surface area contributed by atoms with Crippen molar-refractivity contribution >= 4 is 11.8 Å². The van der Waals surface area contributed by atoms with E-state index in [9.17, 15) is 0 Å². The molecule has 0 saturated heterocycles. The maximum absolute atomic E-state index is 5.64. The fourth-order valence-corrected chi connectivity index (χ4v) is 3.08. The molecule has 1 aromatic rings. The molecule has 0 bridgehead atoms. The van der Waals surface area contributed by atoms with E-state index in [0.717, 1.165) is 49.9 Å². The summed E-state index contributed by atoms with van der Waals surface area (Å²) in [6.45, 7) is 6.89. The lowest BCUT2D eigenvalue weighted by molar-refractivity contribution is 0.200. The molecule has 0 heterocycles. The molecule has 0 aliphatic heterocycles. The van der Waals surface area contributed by atoms with E-state index in [-0.39, 0.29) is 0 Å². The molecule has 0 saturated carbocycles. The van der Waals surface area contributed by atoms with Gasteiger partial charge in [0.25, 0.3) is 0 Å².